The number of hydrogen-bond donors (Lipinski definition) is 0. The first-order chi connectivity index (χ1) is 17.9. The minimum absolute atomic E-state index is 0.501. The summed E-state index contributed by atoms with van der Waals surface area (Å²) in [5.41, 5.74) is 0. The third-order valence-corrected chi connectivity index (χ3v) is 9.79. The van der Waals surface area contributed by atoms with Crippen LogP contribution in [0.2, 0.25) is 0 Å². The smallest absolute Gasteiger partial charge is 0.460 e. The normalized spacial score (nSPS) is 21.5. The van der Waals surface area contributed by atoms with E-state index in [4.69, 9.17) is 0 Å². The molecule has 1 unspecified atom stereocenters. The summed E-state index contributed by atoms with van der Waals surface area (Å²) in [6.45, 7) is 0. The lowest BCUT2D eigenvalue weighted by molar-refractivity contribution is -0.458. The average Bonchev–Trinajstić information content (AvgIpc) is 3.32. The number of hydrogen-bond acceptors (Lipinski definition) is 4. The second-order valence-corrected chi connectivity index (χ2v) is 12.6. The largest absolute Gasteiger partial charge is 0.743 e. The van der Waals surface area contributed by atoms with Crippen molar-refractivity contribution in [3.8, 4) is 0 Å². The van der Waals surface area contributed by atoms with Gasteiger partial charge in [-0.2, -0.15) is 74.6 Å². The van der Waals surface area contributed by atoms with Gasteiger partial charge in [0.15, 0.2) is 21.2 Å². The topological polar surface area (TPSA) is 74.3 Å². The molecule has 1 atom stereocenters. The summed E-state index contributed by atoms with van der Waals surface area (Å²) in [5.74, 6) is -48.8. The van der Waals surface area contributed by atoms with Crippen LogP contribution in [0.4, 0.5) is 74.6 Å². The van der Waals surface area contributed by atoms with Gasteiger partial charge in [-0.15, -0.1) is 0 Å². The van der Waals surface area contributed by atoms with Crippen LogP contribution < -0.4 is 0 Å². The first-order valence-corrected chi connectivity index (χ1v) is 13.8. The van der Waals surface area contributed by atoms with E-state index < -0.39 is 57.1 Å². The Morgan fingerprint density at radius 2 is 0.951 bits per heavy atom. The van der Waals surface area contributed by atoms with Crippen molar-refractivity contribution in [3.05, 3.63) is 0 Å². The summed E-state index contributed by atoms with van der Waals surface area (Å²) in [6, 6.07) is 0. The number of carbonyl (C=O) groups excluding carboxylic acids is 1. The second-order valence-electron chi connectivity index (χ2n) is 8.77. The summed E-state index contributed by atoms with van der Waals surface area (Å²) in [6.07, 6.45) is -0.571. The van der Waals surface area contributed by atoms with Crippen LogP contribution in [0, 0.1) is 0 Å². The molecular weight excluding hydrogens is 667 g/mol. The van der Waals surface area contributed by atoms with Crippen LogP contribution in [0.1, 0.15) is 38.5 Å². The molecule has 0 spiro atoms. The van der Waals surface area contributed by atoms with E-state index in [9.17, 15) is 92.4 Å². The van der Waals surface area contributed by atoms with Crippen LogP contribution >= 0.6 is 0 Å². The van der Waals surface area contributed by atoms with Crippen LogP contribution in [-0.2, 0) is 25.8 Å². The van der Waals surface area contributed by atoms with Crippen molar-refractivity contribution in [3.63, 3.8) is 0 Å². The van der Waals surface area contributed by atoms with Crippen molar-refractivity contribution in [1.82, 2.24) is 0 Å². The Morgan fingerprint density at radius 3 is 1.29 bits per heavy atom. The van der Waals surface area contributed by atoms with E-state index in [-0.39, 0.29) is 0 Å². The van der Waals surface area contributed by atoms with Gasteiger partial charge in [0.2, 0.25) is 0 Å². The third kappa shape index (κ3) is 6.08. The van der Waals surface area contributed by atoms with Gasteiger partial charge in [0.05, 0.1) is 0 Å². The number of rotatable bonds is 8. The monoisotopic (exact) mass is 684 g/mol. The molecule has 4 nitrogen and oxygen atoms in total. The van der Waals surface area contributed by atoms with Crippen molar-refractivity contribution in [1.29, 1.82) is 0 Å². The maximum absolute atomic E-state index is 13.0. The van der Waals surface area contributed by atoms with Crippen molar-refractivity contribution in [2.75, 3.05) is 11.5 Å². The van der Waals surface area contributed by atoms with E-state index in [1.165, 1.54) is 37.2 Å². The zero-order valence-corrected chi connectivity index (χ0v) is 21.2. The molecule has 1 saturated heterocycles. The molecule has 1 saturated carbocycles. The molecule has 2 fully saturated rings. The number of alkyl halides is 17. The molecule has 0 aromatic heterocycles. The molecule has 41 heavy (non-hydrogen) atoms. The van der Waals surface area contributed by atoms with Crippen molar-refractivity contribution in [2.45, 2.75) is 90.7 Å². The molecule has 2 rings (SSSR count). The van der Waals surface area contributed by atoms with E-state index >= 15 is 0 Å². The van der Waals surface area contributed by atoms with Crippen LogP contribution in [0.25, 0.3) is 0 Å². The Hall–Kier alpha value is -1.26. The molecule has 0 bridgehead atoms. The fourth-order valence-corrected chi connectivity index (χ4v) is 6.93. The van der Waals surface area contributed by atoms with Crippen LogP contribution in [-0.4, -0.2) is 82.5 Å². The summed E-state index contributed by atoms with van der Waals surface area (Å²) < 4.78 is 244. The van der Waals surface area contributed by atoms with Gasteiger partial charge in [-0.25, -0.2) is 8.42 Å². The maximum Gasteiger partial charge on any atom is 0.460 e. The number of ketones is 1. The standard InChI is InChI=1S/C10H17OS.C8HF17O3S/c11-9-5-1-2-6-10(9)12-7-3-4-8-12;9-1(10,3(13,14)5(17,18)7(21,22)23)2(11,12)4(15,16)6(19,20)8(24,25)29(26,27)28/h10H,1-8H2;(H,26,27,28)/q+1;/p-1. The molecule has 1 heterocycles. The lowest BCUT2D eigenvalue weighted by Crippen LogP contribution is -2.75. The van der Waals surface area contributed by atoms with Crippen molar-refractivity contribution < 1.29 is 92.4 Å². The maximum atomic E-state index is 13.0. The lowest BCUT2D eigenvalue weighted by Gasteiger charge is -2.42. The molecule has 244 valence electrons. The van der Waals surface area contributed by atoms with E-state index in [1.54, 1.807) is 0 Å². The Balaban J connectivity index is 0.000000570. The van der Waals surface area contributed by atoms with Gasteiger partial charge >= 0.3 is 47.0 Å². The number of halogens is 17. The van der Waals surface area contributed by atoms with Crippen LogP contribution in [0.15, 0.2) is 0 Å². The Kier molecular flexibility index (Phi) is 10.4. The van der Waals surface area contributed by atoms with Crippen molar-refractivity contribution in [2.24, 2.45) is 0 Å². The molecule has 23 heteroatoms. The molecule has 1 aliphatic heterocycles. The van der Waals surface area contributed by atoms with E-state index in [0.717, 1.165) is 12.8 Å². The van der Waals surface area contributed by atoms with E-state index in [0.29, 0.717) is 21.9 Å². The minimum Gasteiger partial charge on any atom is -0.743 e. The lowest BCUT2D eigenvalue weighted by atomic mass is 9.91. The van der Waals surface area contributed by atoms with Gasteiger partial charge < -0.3 is 4.55 Å². The fourth-order valence-electron chi connectivity index (χ4n) is 3.57. The van der Waals surface area contributed by atoms with Gasteiger partial charge in [0, 0.05) is 12.8 Å². The summed E-state index contributed by atoms with van der Waals surface area (Å²) >= 11 is 0. The molecule has 2 aliphatic rings. The average molecular weight is 684 g/mol. The van der Waals surface area contributed by atoms with Gasteiger partial charge in [-0.3, -0.25) is 4.79 Å². The molecule has 0 aromatic rings. The molecular formula is C18H17F17O4S2. The molecule has 0 aromatic carbocycles. The highest BCUT2D eigenvalue weighted by atomic mass is 32.2. The van der Waals surface area contributed by atoms with Crippen LogP contribution in [0.5, 0.6) is 0 Å². The second kappa shape index (κ2) is 11.3. The number of Topliss-reactive ketones (excluding diaryl/α,β-unsaturated/α-hetero) is 1. The highest BCUT2D eigenvalue weighted by Gasteiger charge is 2.95. The van der Waals surface area contributed by atoms with E-state index in [1.807, 2.05) is 0 Å². The Morgan fingerprint density at radius 1 is 0.585 bits per heavy atom. The Bertz CT molecular complexity index is 1050. The predicted octanol–water partition coefficient (Wildman–Crippen LogP) is 6.41. The van der Waals surface area contributed by atoms with E-state index in [2.05, 4.69) is 0 Å². The fraction of sp³-hybridized carbons (Fsp3) is 0.944. The first-order valence-electron chi connectivity index (χ1n) is 10.7. The summed E-state index contributed by atoms with van der Waals surface area (Å²) in [4.78, 5) is 11.6. The summed E-state index contributed by atoms with van der Waals surface area (Å²) in [7, 11) is -7.64. The first kappa shape index (κ1) is 37.8. The molecule has 0 radical (unpaired) electrons. The van der Waals surface area contributed by atoms with Gasteiger partial charge in [0.25, 0.3) is 0 Å². The number of carbonyl (C=O) groups is 1. The van der Waals surface area contributed by atoms with Gasteiger partial charge in [-0.05, 0) is 36.6 Å². The molecule has 0 amide bonds. The predicted molar refractivity (Wildman–Crippen MR) is 104 cm³/mol. The molecule has 1 aliphatic carbocycles. The minimum atomic E-state index is -8.92. The highest BCUT2D eigenvalue weighted by Crippen LogP contribution is 2.64. The quantitative estimate of drug-likeness (QED) is 0.168. The van der Waals surface area contributed by atoms with Gasteiger partial charge in [0.1, 0.15) is 11.5 Å². The highest BCUT2D eigenvalue weighted by molar-refractivity contribution is 7.98. The summed E-state index contributed by atoms with van der Waals surface area (Å²) in [5, 5.41) is -7.45. The van der Waals surface area contributed by atoms with Crippen LogP contribution in [0.3, 0.4) is 0 Å². The zero-order chi connectivity index (χ0) is 32.9. The Labute approximate surface area is 222 Å². The van der Waals surface area contributed by atoms with Gasteiger partial charge in [-0.1, -0.05) is 0 Å². The molecule has 0 N–H and O–H groups in total. The third-order valence-electron chi connectivity index (χ3n) is 5.97. The zero-order valence-electron chi connectivity index (χ0n) is 19.6. The van der Waals surface area contributed by atoms with Crippen molar-refractivity contribution >= 4 is 26.8 Å². The SMILES string of the molecule is O=C1CCCCC1[S+]1CCCC1.O=S(=O)([O-])C(F)(F)C(F)(F)C(F)(F)C(F)(F)C(F)(F)C(F)(F)C(F)(F)C(F)(F)F.